The molecule has 0 aromatic heterocycles. The fourth-order valence-corrected chi connectivity index (χ4v) is 1.42. The van der Waals surface area contributed by atoms with E-state index in [2.05, 4.69) is 6.58 Å². The van der Waals surface area contributed by atoms with Crippen molar-refractivity contribution in [1.29, 1.82) is 0 Å². The van der Waals surface area contributed by atoms with Gasteiger partial charge < -0.3 is 9.90 Å². The fourth-order valence-electron chi connectivity index (χ4n) is 1.42. The van der Waals surface area contributed by atoms with E-state index in [0.29, 0.717) is 12.7 Å². The molecule has 82 valence electrons. The van der Waals surface area contributed by atoms with Gasteiger partial charge in [0.05, 0.1) is 0 Å². The lowest BCUT2D eigenvalue weighted by atomic mass is 10.1. The van der Waals surface area contributed by atoms with Crippen LogP contribution in [0.1, 0.15) is 51.4 Å². The van der Waals surface area contributed by atoms with Gasteiger partial charge in [-0.1, -0.05) is 38.2 Å². The zero-order valence-electron chi connectivity index (χ0n) is 8.95. The van der Waals surface area contributed by atoms with Crippen LogP contribution in [0.2, 0.25) is 0 Å². The minimum absolute atomic E-state index is 0.615. The van der Waals surface area contributed by atoms with Crippen LogP contribution in [0.5, 0.6) is 0 Å². The van der Waals surface area contributed by atoms with Gasteiger partial charge >= 0.3 is 0 Å². The van der Waals surface area contributed by atoms with Gasteiger partial charge in [0, 0.05) is 0 Å². The molecule has 0 aromatic rings. The molecule has 0 aliphatic heterocycles. The van der Waals surface area contributed by atoms with E-state index in [4.69, 9.17) is 5.11 Å². The van der Waals surface area contributed by atoms with Gasteiger partial charge in [-0.15, -0.1) is 6.58 Å². The summed E-state index contributed by atoms with van der Waals surface area (Å²) in [5, 5.41) is 8.95. The molecule has 14 heavy (non-hydrogen) atoms. The molecule has 1 N–H and O–H groups in total. The third kappa shape index (κ3) is 9.46. The number of hydrogen-bond acceptors (Lipinski definition) is 2. The normalized spacial score (nSPS) is 12.4. The third-order valence-corrected chi connectivity index (χ3v) is 2.32. The second kappa shape index (κ2) is 10.5. The molecule has 0 saturated heterocycles. The third-order valence-electron chi connectivity index (χ3n) is 2.32. The average molecular weight is 198 g/mol. The summed E-state index contributed by atoms with van der Waals surface area (Å²) in [6, 6.07) is 0. The van der Waals surface area contributed by atoms with Crippen LogP contribution in [0.4, 0.5) is 0 Å². The number of hydrogen-bond donors (Lipinski definition) is 1. The monoisotopic (exact) mass is 198 g/mol. The number of rotatable bonds is 10. The van der Waals surface area contributed by atoms with Gasteiger partial charge in [-0.25, -0.2) is 0 Å². The summed E-state index contributed by atoms with van der Waals surface area (Å²) >= 11 is 0. The molecule has 0 bridgehead atoms. The van der Waals surface area contributed by atoms with Gasteiger partial charge in [0.1, 0.15) is 12.4 Å². The molecular formula is C12H22O2. The van der Waals surface area contributed by atoms with E-state index in [9.17, 15) is 4.79 Å². The Kier molecular flexibility index (Phi) is 9.98. The highest BCUT2D eigenvalue weighted by molar-refractivity contribution is 5.55. The van der Waals surface area contributed by atoms with Gasteiger partial charge in [-0.3, -0.25) is 0 Å². The van der Waals surface area contributed by atoms with Crippen molar-refractivity contribution in [3.63, 3.8) is 0 Å². The van der Waals surface area contributed by atoms with Crippen molar-refractivity contribution in [1.82, 2.24) is 0 Å². The Morgan fingerprint density at radius 2 is 1.64 bits per heavy atom. The van der Waals surface area contributed by atoms with E-state index >= 15 is 0 Å². The fraction of sp³-hybridized carbons (Fsp3) is 0.750. The zero-order chi connectivity index (χ0) is 10.6. The number of aliphatic hydroxyl groups is 1. The standard InChI is InChI=1S/C12H22O2/c1-2-3-4-5-6-7-8-9-10-12(14)11-13/h2,11-12,14H,1,3-10H2. The van der Waals surface area contributed by atoms with E-state index in [-0.39, 0.29) is 0 Å². The topological polar surface area (TPSA) is 37.3 Å². The van der Waals surface area contributed by atoms with Crippen molar-refractivity contribution in [2.75, 3.05) is 0 Å². The lowest BCUT2D eigenvalue weighted by Crippen LogP contribution is -2.06. The Labute approximate surface area is 87.0 Å². The number of aldehydes is 1. The van der Waals surface area contributed by atoms with Crippen molar-refractivity contribution in [2.24, 2.45) is 0 Å². The van der Waals surface area contributed by atoms with Gasteiger partial charge in [0.15, 0.2) is 0 Å². The highest BCUT2D eigenvalue weighted by Crippen LogP contribution is 2.09. The summed E-state index contributed by atoms with van der Waals surface area (Å²) < 4.78 is 0. The Morgan fingerprint density at radius 3 is 2.21 bits per heavy atom. The molecule has 0 aromatic carbocycles. The molecule has 0 spiro atoms. The van der Waals surface area contributed by atoms with Gasteiger partial charge in [-0.05, 0) is 19.3 Å². The van der Waals surface area contributed by atoms with Crippen LogP contribution in [0.25, 0.3) is 0 Å². The molecule has 0 aliphatic carbocycles. The first kappa shape index (κ1) is 13.4. The van der Waals surface area contributed by atoms with Crippen LogP contribution < -0.4 is 0 Å². The second-order valence-corrected chi connectivity index (χ2v) is 3.69. The Balaban J connectivity index is 2.98. The summed E-state index contributed by atoms with van der Waals surface area (Å²) in [5.41, 5.74) is 0. The van der Waals surface area contributed by atoms with Gasteiger partial charge in [-0.2, -0.15) is 0 Å². The Hall–Kier alpha value is -0.630. The predicted molar refractivity (Wildman–Crippen MR) is 59.2 cm³/mol. The van der Waals surface area contributed by atoms with Gasteiger partial charge in [0.2, 0.25) is 0 Å². The van der Waals surface area contributed by atoms with Crippen LogP contribution in [0, 0.1) is 0 Å². The molecule has 1 atom stereocenters. The van der Waals surface area contributed by atoms with E-state index in [0.717, 1.165) is 19.3 Å². The molecule has 0 rings (SSSR count). The molecule has 0 aliphatic rings. The molecule has 2 nitrogen and oxygen atoms in total. The average Bonchev–Trinajstić information content (AvgIpc) is 2.21. The summed E-state index contributed by atoms with van der Waals surface area (Å²) in [4.78, 5) is 10.1. The number of unbranched alkanes of at least 4 members (excludes halogenated alkanes) is 6. The van der Waals surface area contributed by atoms with E-state index in [1.165, 1.54) is 25.7 Å². The molecule has 1 unspecified atom stereocenters. The van der Waals surface area contributed by atoms with Crippen LogP contribution in [0.3, 0.4) is 0 Å². The molecule has 0 radical (unpaired) electrons. The number of allylic oxidation sites excluding steroid dienone is 1. The minimum Gasteiger partial charge on any atom is -0.386 e. The van der Waals surface area contributed by atoms with E-state index < -0.39 is 6.10 Å². The lowest BCUT2D eigenvalue weighted by Gasteiger charge is -2.02. The molecule has 2 heteroatoms. The lowest BCUT2D eigenvalue weighted by molar-refractivity contribution is -0.115. The molecule has 0 saturated carbocycles. The summed E-state index contributed by atoms with van der Waals surface area (Å²) in [6.07, 6.45) is 10.6. The summed E-state index contributed by atoms with van der Waals surface area (Å²) in [7, 11) is 0. The van der Waals surface area contributed by atoms with Crippen LogP contribution in [-0.4, -0.2) is 17.5 Å². The Bertz CT molecular complexity index is 143. The van der Waals surface area contributed by atoms with Gasteiger partial charge in [0.25, 0.3) is 0 Å². The minimum atomic E-state index is -0.740. The summed E-state index contributed by atoms with van der Waals surface area (Å²) in [5.74, 6) is 0. The number of carbonyl (C=O) groups is 1. The first-order valence-electron chi connectivity index (χ1n) is 5.55. The van der Waals surface area contributed by atoms with E-state index in [1.807, 2.05) is 6.08 Å². The van der Waals surface area contributed by atoms with Crippen LogP contribution in [0.15, 0.2) is 12.7 Å². The first-order valence-corrected chi connectivity index (χ1v) is 5.55. The number of carbonyl (C=O) groups excluding carboxylic acids is 1. The van der Waals surface area contributed by atoms with E-state index in [1.54, 1.807) is 0 Å². The quantitative estimate of drug-likeness (QED) is 0.333. The Morgan fingerprint density at radius 1 is 1.07 bits per heavy atom. The maximum atomic E-state index is 10.1. The predicted octanol–water partition coefficient (Wildman–Crippen LogP) is 2.85. The molecule has 0 heterocycles. The van der Waals surface area contributed by atoms with Crippen molar-refractivity contribution in [3.8, 4) is 0 Å². The highest BCUT2D eigenvalue weighted by atomic mass is 16.3. The maximum absolute atomic E-state index is 10.1. The maximum Gasteiger partial charge on any atom is 0.148 e. The molecule has 0 amide bonds. The largest absolute Gasteiger partial charge is 0.386 e. The summed E-state index contributed by atoms with van der Waals surface area (Å²) in [6.45, 7) is 3.68. The highest BCUT2D eigenvalue weighted by Gasteiger charge is 1.99. The zero-order valence-corrected chi connectivity index (χ0v) is 8.95. The smallest absolute Gasteiger partial charge is 0.148 e. The second-order valence-electron chi connectivity index (χ2n) is 3.69. The van der Waals surface area contributed by atoms with Crippen molar-refractivity contribution in [2.45, 2.75) is 57.5 Å². The van der Waals surface area contributed by atoms with Crippen molar-refractivity contribution >= 4 is 6.29 Å². The molecular weight excluding hydrogens is 176 g/mol. The van der Waals surface area contributed by atoms with Crippen LogP contribution in [-0.2, 0) is 4.79 Å². The molecule has 0 fully saturated rings. The first-order chi connectivity index (χ1) is 6.81. The van der Waals surface area contributed by atoms with Crippen molar-refractivity contribution in [3.05, 3.63) is 12.7 Å². The number of aliphatic hydroxyl groups excluding tert-OH is 1. The SMILES string of the molecule is C=CCCCCCCCCC(O)C=O. The van der Waals surface area contributed by atoms with Crippen LogP contribution >= 0.6 is 0 Å². The van der Waals surface area contributed by atoms with Crippen molar-refractivity contribution < 1.29 is 9.90 Å².